The molecular formula is C34H62O15. The lowest BCUT2D eigenvalue weighted by atomic mass is 9.76. The molecule has 0 aromatic carbocycles. The van der Waals surface area contributed by atoms with E-state index >= 15 is 0 Å². The van der Waals surface area contributed by atoms with Gasteiger partial charge in [0, 0.05) is 17.8 Å². The van der Waals surface area contributed by atoms with Crippen LogP contribution in [0.5, 0.6) is 0 Å². The van der Waals surface area contributed by atoms with Crippen molar-refractivity contribution in [3.05, 3.63) is 0 Å². The Hall–Kier alpha value is -0.600. The molecule has 0 amide bonds. The maximum atomic E-state index is 10.4. The van der Waals surface area contributed by atoms with Crippen molar-refractivity contribution < 1.29 is 74.0 Å². The Morgan fingerprint density at radius 3 is 1.29 bits per heavy atom. The molecule has 0 aliphatic carbocycles. The summed E-state index contributed by atoms with van der Waals surface area (Å²) < 4.78 is 41.7. The van der Waals surface area contributed by atoms with E-state index in [0.29, 0.717) is 19.8 Å². The maximum Gasteiger partial charge on any atom is 0.183 e. The van der Waals surface area contributed by atoms with Crippen molar-refractivity contribution in [3.8, 4) is 0 Å². The fraction of sp³-hybridized carbons (Fsp3) is 1.00. The summed E-state index contributed by atoms with van der Waals surface area (Å²) in [5.74, 6) is 0.342. The molecule has 20 atom stereocenters. The van der Waals surface area contributed by atoms with Crippen molar-refractivity contribution >= 4 is 0 Å². The Kier molecular flexibility index (Phi) is 15.5. The Bertz CT molecular complexity index is 974. The van der Waals surface area contributed by atoms with E-state index in [2.05, 4.69) is 27.7 Å². The largest absolute Gasteiger partial charge is 0.394 e. The smallest absolute Gasteiger partial charge is 0.183 e. The normalized spacial score (nSPS) is 49.6. The van der Waals surface area contributed by atoms with Crippen LogP contribution in [-0.4, -0.2) is 173 Å². The van der Waals surface area contributed by atoms with E-state index in [4.69, 9.17) is 33.2 Å². The van der Waals surface area contributed by atoms with E-state index in [-0.39, 0.29) is 79.7 Å². The molecule has 4 rings (SSSR count). The SMILES string of the molecule is CC1OC(COCC2C(CO)OC(O)C(O)C2O)C(C)C(C)C1COCC1OC(C)C(COCC2OC(CO)C(O)C(O)C2O)C(C)C1C. The molecule has 4 heterocycles. The zero-order valence-electron chi connectivity index (χ0n) is 29.6. The highest BCUT2D eigenvalue weighted by Gasteiger charge is 2.46. The molecule has 0 aromatic heterocycles. The lowest BCUT2D eigenvalue weighted by molar-refractivity contribution is -0.280. The second kappa shape index (κ2) is 18.4. The summed E-state index contributed by atoms with van der Waals surface area (Å²) in [5, 5.41) is 79.6. The average Bonchev–Trinajstić information content (AvgIpc) is 3.08. The summed E-state index contributed by atoms with van der Waals surface area (Å²) >= 11 is 0. The number of hydrogen-bond donors (Lipinski definition) is 8. The number of rotatable bonds is 14. The summed E-state index contributed by atoms with van der Waals surface area (Å²) in [7, 11) is 0. The van der Waals surface area contributed by atoms with Gasteiger partial charge in [-0.15, -0.1) is 0 Å². The number of ether oxygens (including phenoxy) is 7. The molecule has 15 nitrogen and oxygen atoms in total. The summed E-state index contributed by atoms with van der Waals surface area (Å²) in [5.41, 5.74) is 0. The maximum absolute atomic E-state index is 10.4. The molecule has 4 saturated heterocycles. The Morgan fingerprint density at radius 2 is 0.816 bits per heavy atom. The molecule has 49 heavy (non-hydrogen) atoms. The van der Waals surface area contributed by atoms with Crippen LogP contribution in [0.15, 0.2) is 0 Å². The molecule has 4 fully saturated rings. The number of aliphatic hydroxyl groups excluding tert-OH is 8. The van der Waals surface area contributed by atoms with Gasteiger partial charge in [-0.05, 0) is 37.5 Å². The Balaban J connectivity index is 1.19. The molecule has 0 saturated carbocycles. The molecule has 15 heteroatoms. The number of hydrogen-bond acceptors (Lipinski definition) is 15. The molecule has 4 aliphatic heterocycles. The van der Waals surface area contributed by atoms with Gasteiger partial charge in [0.1, 0.15) is 36.6 Å². The lowest BCUT2D eigenvalue weighted by Crippen LogP contribution is -2.59. The second-order valence-electron chi connectivity index (χ2n) is 14.9. The van der Waals surface area contributed by atoms with Crippen LogP contribution in [0.2, 0.25) is 0 Å². The van der Waals surface area contributed by atoms with Crippen LogP contribution in [0.25, 0.3) is 0 Å². The van der Waals surface area contributed by atoms with Crippen molar-refractivity contribution in [2.75, 3.05) is 52.9 Å². The minimum atomic E-state index is -1.57. The van der Waals surface area contributed by atoms with E-state index in [1.807, 2.05) is 13.8 Å². The van der Waals surface area contributed by atoms with Crippen molar-refractivity contribution in [3.63, 3.8) is 0 Å². The van der Waals surface area contributed by atoms with Gasteiger partial charge in [-0.3, -0.25) is 0 Å². The van der Waals surface area contributed by atoms with Gasteiger partial charge < -0.3 is 74.0 Å². The van der Waals surface area contributed by atoms with Crippen LogP contribution >= 0.6 is 0 Å². The van der Waals surface area contributed by atoms with E-state index in [9.17, 15) is 40.9 Å². The van der Waals surface area contributed by atoms with Gasteiger partial charge in [0.05, 0.1) is 89.5 Å². The van der Waals surface area contributed by atoms with Crippen LogP contribution in [0.3, 0.4) is 0 Å². The first-order valence-electron chi connectivity index (χ1n) is 17.9. The van der Waals surface area contributed by atoms with Crippen molar-refractivity contribution in [1.29, 1.82) is 0 Å². The van der Waals surface area contributed by atoms with E-state index in [1.165, 1.54) is 0 Å². The minimum Gasteiger partial charge on any atom is -0.394 e. The first-order chi connectivity index (χ1) is 23.2. The summed E-state index contributed by atoms with van der Waals surface area (Å²) in [6.07, 6.45) is -11.7. The zero-order chi connectivity index (χ0) is 36.2. The molecule has 0 spiro atoms. The Morgan fingerprint density at radius 1 is 0.388 bits per heavy atom. The number of aliphatic hydroxyl groups is 8. The molecule has 4 aliphatic rings. The predicted molar refractivity (Wildman–Crippen MR) is 172 cm³/mol. The first-order valence-corrected chi connectivity index (χ1v) is 17.9. The second-order valence-corrected chi connectivity index (χ2v) is 14.9. The standard InChI is InChI=1S/C34H62O15/c1-15-18(4)27(13-45-11-23-24(7-35)49-34(42)33(41)29(23)37)47-19(5)21(15)9-43-12-26-17(3)16(2)22(20(6)46-26)10-44-14-28-31(39)32(40)30(38)25(8-36)48-28/h15-42H,7-14H2,1-6H3. The lowest BCUT2D eigenvalue weighted by Gasteiger charge is -2.45. The minimum absolute atomic E-state index is 0.00146. The third-order valence-corrected chi connectivity index (χ3v) is 12.0. The summed E-state index contributed by atoms with van der Waals surface area (Å²) in [6.45, 7) is 13.3. The fourth-order valence-corrected chi connectivity index (χ4v) is 7.93. The summed E-state index contributed by atoms with van der Waals surface area (Å²) in [6, 6.07) is 0. The van der Waals surface area contributed by atoms with Crippen molar-refractivity contribution in [2.45, 2.75) is 121 Å². The first kappa shape index (κ1) is 41.2. The van der Waals surface area contributed by atoms with Crippen LogP contribution in [-0.2, 0) is 33.2 Å². The zero-order valence-corrected chi connectivity index (χ0v) is 29.6. The highest BCUT2D eigenvalue weighted by atomic mass is 16.6. The fourth-order valence-electron chi connectivity index (χ4n) is 7.93. The molecule has 0 radical (unpaired) electrons. The highest BCUT2D eigenvalue weighted by molar-refractivity contribution is 4.93. The van der Waals surface area contributed by atoms with Crippen LogP contribution in [0, 0.1) is 41.4 Å². The van der Waals surface area contributed by atoms with E-state index in [1.54, 1.807) is 0 Å². The molecule has 0 aromatic rings. The topological polar surface area (TPSA) is 226 Å². The predicted octanol–water partition coefficient (Wildman–Crippen LogP) is -1.72. The van der Waals surface area contributed by atoms with Gasteiger partial charge >= 0.3 is 0 Å². The molecule has 0 bridgehead atoms. The molecular weight excluding hydrogens is 648 g/mol. The highest BCUT2D eigenvalue weighted by Crippen LogP contribution is 2.38. The van der Waals surface area contributed by atoms with E-state index < -0.39 is 74.3 Å². The third kappa shape index (κ3) is 9.50. The van der Waals surface area contributed by atoms with Crippen molar-refractivity contribution in [1.82, 2.24) is 0 Å². The monoisotopic (exact) mass is 710 g/mol. The van der Waals surface area contributed by atoms with Gasteiger partial charge in [0.15, 0.2) is 6.29 Å². The van der Waals surface area contributed by atoms with Crippen LogP contribution in [0.4, 0.5) is 0 Å². The van der Waals surface area contributed by atoms with Gasteiger partial charge in [-0.25, -0.2) is 0 Å². The van der Waals surface area contributed by atoms with Gasteiger partial charge in [-0.1, -0.05) is 27.7 Å². The van der Waals surface area contributed by atoms with Gasteiger partial charge in [-0.2, -0.15) is 0 Å². The van der Waals surface area contributed by atoms with Crippen molar-refractivity contribution in [2.24, 2.45) is 41.4 Å². The van der Waals surface area contributed by atoms with Crippen LogP contribution in [0.1, 0.15) is 41.5 Å². The molecule has 20 unspecified atom stereocenters. The average molecular weight is 711 g/mol. The summed E-state index contributed by atoms with van der Waals surface area (Å²) in [4.78, 5) is 0. The van der Waals surface area contributed by atoms with Crippen LogP contribution < -0.4 is 0 Å². The third-order valence-electron chi connectivity index (χ3n) is 12.0. The van der Waals surface area contributed by atoms with E-state index in [0.717, 1.165) is 0 Å². The van der Waals surface area contributed by atoms with Gasteiger partial charge in [0.25, 0.3) is 0 Å². The van der Waals surface area contributed by atoms with Gasteiger partial charge in [0.2, 0.25) is 0 Å². The molecule has 8 N–H and O–H groups in total. The quantitative estimate of drug-likeness (QED) is 0.100. The molecule has 288 valence electrons. The Labute approximate surface area is 289 Å².